The highest BCUT2D eigenvalue weighted by molar-refractivity contribution is 8.07. The molecule has 0 fully saturated rings. The summed E-state index contributed by atoms with van der Waals surface area (Å²) in [6.45, 7) is 3.84. The molecule has 0 aliphatic heterocycles. The molecule has 0 aliphatic carbocycles. The Morgan fingerprint density at radius 1 is 0.711 bits per heavy atom. The van der Waals surface area contributed by atoms with E-state index in [0.717, 1.165) is 0 Å². The molecule has 15 heteroatoms. The molecule has 38 heavy (non-hydrogen) atoms. The Balaban J connectivity index is 3.58. The van der Waals surface area contributed by atoms with Crippen LogP contribution in [0.15, 0.2) is 18.2 Å². The van der Waals surface area contributed by atoms with E-state index in [2.05, 4.69) is 0 Å². The maximum absolute atomic E-state index is 14.5. The monoisotopic (exact) mass is 712 g/mol. The summed E-state index contributed by atoms with van der Waals surface area (Å²) in [6, 6.07) is 4.62. The Kier molecular flexibility index (Phi) is 18.9. The fourth-order valence-electron chi connectivity index (χ4n) is 2.55. The Hall–Kier alpha value is 1.64. The fraction of sp³-hybridized carbons (Fsp3) is 0.739. The highest BCUT2D eigenvalue weighted by atomic mass is 35.5. The fourth-order valence-corrected chi connectivity index (χ4v) is 8.04. The first kappa shape index (κ1) is 37.7. The molecule has 1 aromatic rings. The second-order valence-corrected chi connectivity index (χ2v) is 16.6. The van der Waals surface area contributed by atoms with E-state index in [9.17, 15) is 4.57 Å². The zero-order valence-electron chi connectivity index (χ0n) is 21.8. The third-order valence-corrected chi connectivity index (χ3v) is 12.1. The van der Waals surface area contributed by atoms with Gasteiger partial charge in [-0.1, -0.05) is 57.0 Å². The van der Waals surface area contributed by atoms with Crippen LogP contribution in [0.3, 0.4) is 0 Å². The lowest BCUT2D eigenvalue weighted by molar-refractivity contribution is 0.111. The van der Waals surface area contributed by atoms with Crippen molar-refractivity contribution in [2.45, 2.75) is 80.7 Å². The lowest BCUT2D eigenvalue weighted by atomic mass is 10.2. The molecule has 0 heterocycles. The van der Waals surface area contributed by atoms with Crippen molar-refractivity contribution in [3.05, 3.63) is 33.8 Å². The molecule has 5 atom stereocenters. The second kappa shape index (κ2) is 19.0. The zero-order valence-corrected chi connectivity index (χ0v) is 28.9. The van der Waals surface area contributed by atoms with Crippen molar-refractivity contribution in [2.24, 2.45) is 0 Å². The molecule has 0 saturated carbocycles. The minimum Gasteiger partial charge on any atom is -0.307 e. The average molecular weight is 715 g/mol. The largest absolute Gasteiger partial charge is 0.364 e. The standard InChI is InChI=1S/C23H36Cl6O6P2S/c1-5-17(24)12-31-36(30,32-13-18(25)6-2)23(16-9-10-21(28)22(29)11-16)35-37(38,33-14-19(26)7-3)34-15-20(27)8-4/h9-11,17-20,23H,5-8,12-15H2,1-4H3. The van der Waals surface area contributed by atoms with Gasteiger partial charge in [-0.05, 0) is 55.2 Å². The van der Waals surface area contributed by atoms with E-state index in [-0.39, 0.29) is 47.2 Å². The van der Waals surface area contributed by atoms with Gasteiger partial charge in [-0.3, -0.25) is 9.09 Å². The zero-order chi connectivity index (χ0) is 28.9. The Bertz CT molecular complexity index is 896. The van der Waals surface area contributed by atoms with Gasteiger partial charge in [0, 0.05) is 0 Å². The molecule has 222 valence electrons. The number of benzene rings is 1. The van der Waals surface area contributed by atoms with Crippen molar-refractivity contribution in [3.63, 3.8) is 0 Å². The summed E-state index contributed by atoms with van der Waals surface area (Å²) in [6.07, 6.45) is 2.37. The normalized spacial score (nSPS) is 19.2. The molecule has 0 aliphatic rings. The van der Waals surface area contributed by atoms with Gasteiger partial charge in [0.1, 0.15) is 0 Å². The van der Waals surface area contributed by atoms with E-state index < -0.39 is 30.9 Å². The molecule has 1 aromatic carbocycles. The van der Waals surface area contributed by atoms with Crippen molar-refractivity contribution in [3.8, 4) is 0 Å². The molecule has 6 nitrogen and oxygen atoms in total. The van der Waals surface area contributed by atoms with Crippen molar-refractivity contribution >= 4 is 95.7 Å². The summed E-state index contributed by atoms with van der Waals surface area (Å²) < 4.78 is 44.3. The van der Waals surface area contributed by atoms with Gasteiger partial charge in [-0.25, -0.2) is 0 Å². The third-order valence-electron chi connectivity index (χ3n) is 5.21. The molecule has 0 bridgehead atoms. The lowest BCUT2D eigenvalue weighted by Crippen LogP contribution is -2.19. The third kappa shape index (κ3) is 13.3. The van der Waals surface area contributed by atoms with E-state index >= 15 is 0 Å². The number of hydrogen-bond donors (Lipinski definition) is 0. The maximum Gasteiger partial charge on any atom is 0.364 e. The Morgan fingerprint density at radius 2 is 1.11 bits per heavy atom. The highest BCUT2D eigenvalue weighted by Gasteiger charge is 2.44. The van der Waals surface area contributed by atoms with Crippen molar-refractivity contribution in [1.82, 2.24) is 0 Å². The minimum atomic E-state index is -4.18. The highest BCUT2D eigenvalue weighted by Crippen LogP contribution is 2.68. The van der Waals surface area contributed by atoms with E-state index in [1.54, 1.807) is 6.07 Å². The van der Waals surface area contributed by atoms with Crippen LogP contribution in [0.2, 0.25) is 10.0 Å². The van der Waals surface area contributed by atoms with Gasteiger partial charge in [-0.15, -0.1) is 46.4 Å². The molecule has 0 saturated heterocycles. The van der Waals surface area contributed by atoms with Gasteiger partial charge in [0.25, 0.3) is 0 Å². The summed E-state index contributed by atoms with van der Waals surface area (Å²) in [5, 5.41) is -1.08. The SMILES string of the molecule is CCC(Cl)COP(=O)(OCC(Cl)CC)C(OP(=S)(OCC(Cl)CC)OCC(Cl)CC)c1ccc(Cl)c(Cl)c1. The van der Waals surface area contributed by atoms with Crippen LogP contribution in [-0.2, 0) is 39.0 Å². The smallest absolute Gasteiger partial charge is 0.307 e. The first-order valence-electron chi connectivity index (χ1n) is 12.3. The number of alkyl halides is 4. The van der Waals surface area contributed by atoms with E-state index in [4.69, 9.17) is 104 Å². The summed E-state index contributed by atoms with van der Waals surface area (Å²) in [4.78, 5) is 0. The van der Waals surface area contributed by atoms with Crippen LogP contribution in [0, 0.1) is 0 Å². The van der Waals surface area contributed by atoms with Gasteiger partial charge in [0.05, 0.1) is 58.0 Å². The van der Waals surface area contributed by atoms with E-state index in [0.29, 0.717) is 31.2 Å². The predicted molar refractivity (Wildman–Crippen MR) is 166 cm³/mol. The molecular weight excluding hydrogens is 679 g/mol. The van der Waals surface area contributed by atoms with E-state index in [1.165, 1.54) is 12.1 Å². The molecule has 5 unspecified atom stereocenters. The Labute approximate surface area is 262 Å². The Morgan fingerprint density at radius 3 is 1.47 bits per heavy atom. The van der Waals surface area contributed by atoms with Crippen LogP contribution in [0.1, 0.15) is 64.8 Å². The molecular formula is C23H36Cl6O6P2S. The average Bonchev–Trinajstić information content (AvgIpc) is 2.92. The van der Waals surface area contributed by atoms with Crippen molar-refractivity contribution in [1.29, 1.82) is 0 Å². The first-order chi connectivity index (χ1) is 17.8. The quantitative estimate of drug-likeness (QED) is 0.0984. The molecule has 1 rings (SSSR count). The maximum atomic E-state index is 14.5. The number of hydrogen-bond acceptors (Lipinski definition) is 7. The summed E-state index contributed by atoms with van der Waals surface area (Å²) >= 11 is 43.4. The topological polar surface area (TPSA) is 63.2 Å². The summed E-state index contributed by atoms with van der Waals surface area (Å²) in [5.41, 5.74) is 0.324. The summed E-state index contributed by atoms with van der Waals surface area (Å²) in [7, 11) is -4.18. The van der Waals surface area contributed by atoms with E-state index in [1.807, 2.05) is 27.7 Å². The second-order valence-electron chi connectivity index (χ2n) is 8.32. The van der Waals surface area contributed by atoms with Gasteiger partial charge in [-0.2, -0.15) is 0 Å². The molecule has 0 N–H and O–H groups in total. The summed E-state index contributed by atoms with van der Waals surface area (Å²) in [5.74, 6) is -1.41. The van der Waals surface area contributed by atoms with Gasteiger partial charge in [0.2, 0.25) is 0 Å². The van der Waals surface area contributed by atoms with Gasteiger partial charge in [0.15, 0.2) is 5.85 Å². The van der Waals surface area contributed by atoms with Crippen LogP contribution in [0.25, 0.3) is 0 Å². The van der Waals surface area contributed by atoms with Crippen LogP contribution < -0.4 is 0 Å². The van der Waals surface area contributed by atoms with Crippen LogP contribution in [0.4, 0.5) is 0 Å². The van der Waals surface area contributed by atoms with Gasteiger partial charge >= 0.3 is 14.3 Å². The molecule has 0 amide bonds. The number of rotatable bonds is 20. The number of halogens is 6. The molecule has 0 aromatic heterocycles. The van der Waals surface area contributed by atoms with Crippen molar-refractivity contribution in [2.75, 3.05) is 26.4 Å². The molecule has 0 radical (unpaired) electrons. The minimum absolute atomic E-state index is 0.0354. The predicted octanol–water partition coefficient (Wildman–Crippen LogP) is 10.6. The van der Waals surface area contributed by atoms with Gasteiger partial charge < -0.3 is 18.1 Å². The van der Waals surface area contributed by atoms with Crippen LogP contribution in [-0.4, -0.2) is 47.9 Å². The first-order valence-corrected chi connectivity index (χ1v) is 19.0. The lowest BCUT2D eigenvalue weighted by Gasteiger charge is -2.33. The van der Waals surface area contributed by atoms with Crippen LogP contribution >= 0.6 is 83.9 Å². The van der Waals surface area contributed by atoms with Crippen LogP contribution in [0.5, 0.6) is 0 Å². The van der Waals surface area contributed by atoms with Crippen molar-refractivity contribution < 1.29 is 27.2 Å². The molecule has 0 spiro atoms.